The minimum absolute atomic E-state index is 0.123. The summed E-state index contributed by atoms with van der Waals surface area (Å²) in [5, 5.41) is 12.0. The number of benzene rings is 1. The number of hydrogen-bond acceptors (Lipinski definition) is 2. The van der Waals surface area contributed by atoms with Gasteiger partial charge in [0.1, 0.15) is 0 Å². The average Bonchev–Trinajstić information content (AvgIpc) is 2.28. The molecule has 1 aromatic rings. The molecule has 0 bridgehead atoms. The normalized spacial score (nSPS) is 19.5. The van der Waals surface area contributed by atoms with E-state index >= 15 is 0 Å². The molecule has 0 saturated heterocycles. The lowest BCUT2D eigenvalue weighted by Crippen LogP contribution is -2.29. The molecular formula is C12H10ClNO3. The maximum Gasteiger partial charge on any atom is 0.333 e. The quantitative estimate of drug-likeness (QED) is 0.844. The van der Waals surface area contributed by atoms with Crippen LogP contribution in [0.25, 0.3) is 0 Å². The Balaban J connectivity index is 2.41. The lowest BCUT2D eigenvalue weighted by atomic mass is 9.86. The van der Waals surface area contributed by atoms with Crippen molar-refractivity contribution >= 4 is 23.5 Å². The molecule has 1 aliphatic rings. The molecule has 0 aliphatic carbocycles. The molecule has 4 nitrogen and oxygen atoms in total. The number of carboxylic acids is 1. The van der Waals surface area contributed by atoms with Gasteiger partial charge in [0.15, 0.2) is 0 Å². The number of aliphatic carboxylic acids is 1. The van der Waals surface area contributed by atoms with Crippen molar-refractivity contribution in [1.82, 2.24) is 5.32 Å². The first-order valence-corrected chi connectivity index (χ1v) is 5.44. The Labute approximate surface area is 103 Å². The fraction of sp³-hybridized carbons (Fsp3) is 0.167. The number of amides is 1. The van der Waals surface area contributed by atoms with Crippen molar-refractivity contribution in [3.8, 4) is 0 Å². The topological polar surface area (TPSA) is 66.4 Å². The van der Waals surface area contributed by atoms with Crippen molar-refractivity contribution in [2.24, 2.45) is 0 Å². The number of hydrogen-bond donors (Lipinski definition) is 2. The first kappa shape index (κ1) is 11.7. The highest BCUT2D eigenvalue weighted by Gasteiger charge is 2.28. The van der Waals surface area contributed by atoms with E-state index < -0.39 is 11.9 Å². The maximum absolute atomic E-state index is 11.3. The van der Waals surface area contributed by atoms with Crippen molar-refractivity contribution in [1.29, 1.82) is 0 Å². The molecule has 0 fully saturated rings. The molecule has 1 atom stereocenters. The molecule has 1 amide bonds. The molecule has 2 N–H and O–H groups in total. The standard InChI is InChI=1S/C12H10ClNO3/c13-8-3-1-2-7(4-8)9-5-11(15)14-6-10(9)12(16)17/h1-4,6,9H,5H2,(H,14,15)(H,16,17). The zero-order valence-corrected chi connectivity index (χ0v) is 9.57. The van der Waals surface area contributed by atoms with Gasteiger partial charge < -0.3 is 10.4 Å². The van der Waals surface area contributed by atoms with Crippen LogP contribution in [0.15, 0.2) is 36.0 Å². The predicted molar refractivity (Wildman–Crippen MR) is 62.7 cm³/mol. The van der Waals surface area contributed by atoms with E-state index in [1.807, 2.05) is 0 Å². The molecule has 1 aliphatic heterocycles. The molecule has 0 saturated carbocycles. The number of carbonyl (C=O) groups excluding carboxylic acids is 1. The van der Waals surface area contributed by atoms with Crippen LogP contribution in [0, 0.1) is 0 Å². The SMILES string of the molecule is O=C1CC(c2cccc(Cl)c2)C(C(=O)O)=CN1. The highest BCUT2D eigenvalue weighted by Crippen LogP contribution is 2.31. The fourth-order valence-corrected chi connectivity index (χ4v) is 2.04. The Morgan fingerprint density at radius 2 is 2.24 bits per heavy atom. The Hall–Kier alpha value is -1.81. The van der Waals surface area contributed by atoms with Gasteiger partial charge in [-0.3, -0.25) is 4.79 Å². The second-order valence-electron chi connectivity index (χ2n) is 3.78. The van der Waals surface area contributed by atoms with Crippen molar-refractivity contribution < 1.29 is 14.7 Å². The van der Waals surface area contributed by atoms with Crippen LogP contribution in [-0.4, -0.2) is 17.0 Å². The second kappa shape index (κ2) is 4.59. The summed E-state index contributed by atoms with van der Waals surface area (Å²) in [6.45, 7) is 0. The van der Waals surface area contributed by atoms with Gasteiger partial charge in [-0.2, -0.15) is 0 Å². The molecule has 5 heteroatoms. The van der Waals surface area contributed by atoms with Gasteiger partial charge >= 0.3 is 5.97 Å². The van der Waals surface area contributed by atoms with Gasteiger partial charge in [-0.15, -0.1) is 0 Å². The van der Waals surface area contributed by atoms with Gasteiger partial charge in [0.2, 0.25) is 5.91 Å². The highest BCUT2D eigenvalue weighted by atomic mass is 35.5. The lowest BCUT2D eigenvalue weighted by Gasteiger charge is -2.21. The van der Waals surface area contributed by atoms with Crippen LogP contribution in [0.5, 0.6) is 0 Å². The van der Waals surface area contributed by atoms with Crippen LogP contribution < -0.4 is 5.32 Å². The van der Waals surface area contributed by atoms with E-state index in [0.29, 0.717) is 5.02 Å². The Kier molecular flexibility index (Phi) is 3.15. The van der Waals surface area contributed by atoms with Gasteiger partial charge in [-0.25, -0.2) is 4.79 Å². The first-order chi connectivity index (χ1) is 8.08. The van der Waals surface area contributed by atoms with Gasteiger partial charge in [0.25, 0.3) is 0 Å². The molecule has 1 aromatic carbocycles. The Bertz CT molecular complexity index is 510. The van der Waals surface area contributed by atoms with Crippen LogP contribution in [-0.2, 0) is 9.59 Å². The molecule has 0 radical (unpaired) electrons. The third-order valence-corrected chi connectivity index (χ3v) is 2.89. The third-order valence-electron chi connectivity index (χ3n) is 2.65. The predicted octanol–water partition coefficient (Wildman–Crippen LogP) is 1.91. The van der Waals surface area contributed by atoms with Crippen molar-refractivity contribution in [3.05, 3.63) is 46.6 Å². The summed E-state index contributed by atoms with van der Waals surface area (Å²) in [7, 11) is 0. The van der Waals surface area contributed by atoms with Gasteiger partial charge in [-0.05, 0) is 17.7 Å². The minimum Gasteiger partial charge on any atom is -0.478 e. The molecule has 1 unspecified atom stereocenters. The number of halogens is 1. The van der Waals surface area contributed by atoms with E-state index in [9.17, 15) is 9.59 Å². The number of nitrogens with one attached hydrogen (secondary N) is 1. The van der Waals surface area contributed by atoms with Crippen LogP contribution >= 0.6 is 11.6 Å². The second-order valence-corrected chi connectivity index (χ2v) is 4.22. The van der Waals surface area contributed by atoms with Crippen LogP contribution in [0.1, 0.15) is 17.9 Å². The summed E-state index contributed by atoms with van der Waals surface area (Å²) in [5.41, 5.74) is 0.910. The third kappa shape index (κ3) is 2.47. The molecule has 88 valence electrons. The molecule has 0 aromatic heterocycles. The molecule has 17 heavy (non-hydrogen) atoms. The highest BCUT2D eigenvalue weighted by molar-refractivity contribution is 6.30. The zero-order valence-electron chi connectivity index (χ0n) is 8.81. The molecular weight excluding hydrogens is 242 g/mol. The summed E-state index contributed by atoms with van der Waals surface area (Å²) in [4.78, 5) is 22.4. The zero-order chi connectivity index (χ0) is 12.4. The average molecular weight is 252 g/mol. The van der Waals surface area contributed by atoms with Crippen molar-refractivity contribution in [2.45, 2.75) is 12.3 Å². The fourth-order valence-electron chi connectivity index (χ4n) is 1.84. The van der Waals surface area contributed by atoms with Gasteiger partial charge in [0.05, 0.1) is 5.57 Å². The Morgan fingerprint density at radius 1 is 1.47 bits per heavy atom. The number of carboxylic acid groups (broad SMARTS) is 1. The van der Waals surface area contributed by atoms with Gasteiger partial charge in [-0.1, -0.05) is 23.7 Å². The molecule has 2 rings (SSSR count). The van der Waals surface area contributed by atoms with Crippen molar-refractivity contribution in [3.63, 3.8) is 0 Å². The lowest BCUT2D eigenvalue weighted by molar-refractivity contribution is -0.133. The van der Waals surface area contributed by atoms with E-state index in [1.165, 1.54) is 6.20 Å². The van der Waals surface area contributed by atoms with E-state index in [2.05, 4.69) is 5.32 Å². The summed E-state index contributed by atoms with van der Waals surface area (Å²) in [5.74, 6) is -1.67. The summed E-state index contributed by atoms with van der Waals surface area (Å²) < 4.78 is 0. The smallest absolute Gasteiger partial charge is 0.333 e. The number of rotatable bonds is 2. The van der Waals surface area contributed by atoms with Crippen molar-refractivity contribution in [2.75, 3.05) is 0 Å². The van der Waals surface area contributed by atoms with E-state index in [0.717, 1.165) is 5.56 Å². The van der Waals surface area contributed by atoms with Crippen LogP contribution in [0.4, 0.5) is 0 Å². The minimum atomic E-state index is -1.03. The van der Waals surface area contributed by atoms with Gasteiger partial charge in [0, 0.05) is 23.6 Å². The van der Waals surface area contributed by atoms with E-state index in [1.54, 1.807) is 24.3 Å². The maximum atomic E-state index is 11.3. The van der Waals surface area contributed by atoms with E-state index in [4.69, 9.17) is 16.7 Å². The van der Waals surface area contributed by atoms with Crippen LogP contribution in [0.3, 0.4) is 0 Å². The van der Waals surface area contributed by atoms with E-state index in [-0.39, 0.29) is 17.9 Å². The summed E-state index contributed by atoms with van der Waals surface area (Å²) in [6, 6.07) is 6.90. The van der Waals surface area contributed by atoms with Crippen LogP contribution in [0.2, 0.25) is 5.02 Å². The number of carbonyl (C=O) groups is 2. The largest absolute Gasteiger partial charge is 0.478 e. The monoisotopic (exact) mass is 251 g/mol. The Morgan fingerprint density at radius 3 is 2.88 bits per heavy atom. The molecule has 1 heterocycles. The molecule has 0 spiro atoms. The first-order valence-electron chi connectivity index (χ1n) is 5.06. The summed E-state index contributed by atoms with van der Waals surface area (Å²) in [6.07, 6.45) is 1.37. The summed E-state index contributed by atoms with van der Waals surface area (Å²) >= 11 is 5.86.